The predicted molar refractivity (Wildman–Crippen MR) is 66.1 cm³/mol. The summed E-state index contributed by atoms with van der Waals surface area (Å²) in [7, 11) is 0. The van der Waals surface area contributed by atoms with Crippen molar-refractivity contribution in [1.29, 1.82) is 0 Å². The molecule has 90 valence electrons. The van der Waals surface area contributed by atoms with Gasteiger partial charge < -0.3 is 15.0 Å². The summed E-state index contributed by atoms with van der Waals surface area (Å²) in [5.74, 6) is 1.39. The lowest BCUT2D eigenvalue weighted by molar-refractivity contribution is 0.200. The molecule has 0 bridgehead atoms. The Kier molecular flexibility index (Phi) is 2.48. The smallest absolute Gasteiger partial charge is 0.143 e. The Hall–Kier alpha value is -1.62. The van der Waals surface area contributed by atoms with Gasteiger partial charge in [-0.3, -0.25) is 0 Å². The number of aliphatic hydroxyl groups is 1. The van der Waals surface area contributed by atoms with E-state index in [1.165, 1.54) is 5.56 Å². The number of H-pyrrole nitrogens is 1. The molecule has 17 heavy (non-hydrogen) atoms. The average molecular weight is 232 g/mol. The van der Waals surface area contributed by atoms with Crippen molar-refractivity contribution in [3.8, 4) is 0 Å². The van der Waals surface area contributed by atoms with E-state index in [2.05, 4.69) is 26.8 Å². The number of aromatic nitrogens is 3. The highest BCUT2D eigenvalue weighted by molar-refractivity contribution is 5.91. The molecule has 0 aliphatic carbocycles. The number of aryl methyl sites for hydroxylation is 1. The van der Waals surface area contributed by atoms with Gasteiger partial charge in [0, 0.05) is 31.8 Å². The number of hydrogen-bond acceptors (Lipinski definition) is 4. The van der Waals surface area contributed by atoms with E-state index in [-0.39, 0.29) is 6.61 Å². The van der Waals surface area contributed by atoms with Crippen molar-refractivity contribution in [2.75, 3.05) is 24.6 Å². The minimum absolute atomic E-state index is 0.262. The van der Waals surface area contributed by atoms with Crippen LogP contribution < -0.4 is 4.90 Å². The fourth-order valence-corrected chi connectivity index (χ4v) is 2.39. The number of rotatable bonds is 3. The van der Waals surface area contributed by atoms with Gasteiger partial charge in [-0.25, -0.2) is 9.97 Å². The Bertz CT molecular complexity index is 530. The highest BCUT2D eigenvalue weighted by Gasteiger charge is 2.29. The number of nitrogens with one attached hydrogen (secondary N) is 1. The summed E-state index contributed by atoms with van der Waals surface area (Å²) in [6, 6.07) is 0. The molecule has 1 saturated heterocycles. The molecule has 0 spiro atoms. The molecule has 5 nitrogen and oxygen atoms in total. The van der Waals surface area contributed by atoms with Crippen LogP contribution in [0.3, 0.4) is 0 Å². The topological polar surface area (TPSA) is 65.0 Å². The first-order valence-corrected chi connectivity index (χ1v) is 6.00. The lowest BCUT2D eigenvalue weighted by atomic mass is 10.0. The number of aromatic amines is 1. The molecule has 5 heteroatoms. The maximum absolute atomic E-state index is 9.06. The van der Waals surface area contributed by atoms with Crippen LogP contribution in [0, 0.1) is 5.92 Å². The van der Waals surface area contributed by atoms with Gasteiger partial charge in [-0.15, -0.1) is 0 Å². The Morgan fingerprint density at radius 2 is 2.29 bits per heavy atom. The highest BCUT2D eigenvalue weighted by Crippen LogP contribution is 2.30. The minimum atomic E-state index is 0.262. The quantitative estimate of drug-likeness (QED) is 0.827. The molecule has 2 aromatic heterocycles. The van der Waals surface area contributed by atoms with Gasteiger partial charge in [0.05, 0.1) is 5.39 Å². The van der Waals surface area contributed by atoms with Crippen molar-refractivity contribution in [2.24, 2.45) is 5.92 Å². The van der Waals surface area contributed by atoms with Crippen LogP contribution in [0.25, 0.3) is 11.0 Å². The number of anilines is 1. The van der Waals surface area contributed by atoms with Crippen molar-refractivity contribution in [3.05, 3.63) is 18.1 Å². The molecular formula is C12H16N4O. The number of nitrogens with zero attached hydrogens (tertiary/aromatic N) is 3. The fraction of sp³-hybridized carbons (Fsp3) is 0.500. The predicted octanol–water partition coefficient (Wildman–Crippen LogP) is 0.949. The monoisotopic (exact) mass is 232 g/mol. The first-order valence-electron chi connectivity index (χ1n) is 6.00. The fourth-order valence-electron chi connectivity index (χ4n) is 2.39. The molecule has 1 aliphatic heterocycles. The van der Waals surface area contributed by atoms with Gasteiger partial charge in [-0.05, 0) is 12.0 Å². The minimum Gasteiger partial charge on any atom is -0.396 e. The van der Waals surface area contributed by atoms with E-state index in [4.69, 9.17) is 5.11 Å². The third kappa shape index (κ3) is 1.58. The van der Waals surface area contributed by atoms with Crippen LogP contribution in [0.4, 0.5) is 5.82 Å². The molecule has 0 radical (unpaired) electrons. The number of hydrogen-bond donors (Lipinski definition) is 2. The maximum Gasteiger partial charge on any atom is 0.143 e. The maximum atomic E-state index is 9.06. The lowest BCUT2D eigenvalue weighted by Gasteiger charge is -2.39. The van der Waals surface area contributed by atoms with E-state index in [0.717, 1.165) is 36.4 Å². The second-order valence-corrected chi connectivity index (χ2v) is 4.54. The average Bonchev–Trinajstić information content (AvgIpc) is 2.71. The molecule has 0 aromatic carbocycles. The molecule has 1 aliphatic rings. The normalized spacial score (nSPS) is 16.5. The third-order valence-electron chi connectivity index (χ3n) is 3.43. The number of aliphatic hydroxyl groups excluding tert-OH is 1. The Balaban J connectivity index is 2.01. The first kappa shape index (κ1) is 10.5. The highest BCUT2D eigenvalue weighted by atomic mass is 16.3. The molecule has 0 unspecified atom stereocenters. The van der Waals surface area contributed by atoms with Crippen LogP contribution in [0.2, 0.25) is 0 Å². The number of fused-ring (bicyclic) bond motifs is 1. The van der Waals surface area contributed by atoms with Gasteiger partial charge in [-0.2, -0.15) is 0 Å². The van der Waals surface area contributed by atoms with Crippen LogP contribution in [0.1, 0.15) is 12.5 Å². The van der Waals surface area contributed by atoms with E-state index in [1.807, 2.05) is 6.20 Å². The molecule has 0 amide bonds. The summed E-state index contributed by atoms with van der Waals surface area (Å²) >= 11 is 0. The molecule has 3 rings (SSSR count). The SMILES string of the molecule is CCc1c[nH]c2ncnc(N3CC(CO)C3)c12. The van der Waals surface area contributed by atoms with Crippen LogP contribution in [0.5, 0.6) is 0 Å². The van der Waals surface area contributed by atoms with Gasteiger partial charge in [0.1, 0.15) is 17.8 Å². The van der Waals surface area contributed by atoms with Crippen molar-refractivity contribution in [2.45, 2.75) is 13.3 Å². The zero-order valence-corrected chi connectivity index (χ0v) is 9.85. The van der Waals surface area contributed by atoms with Crippen molar-refractivity contribution >= 4 is 16.9 Å². The third-order valence-corrected chi connectivity index (χ3v) is 3.43. The Morgan fingerprint density at radius 1 is 1.47 bits per heavy atom. The van der Waals surface area contributed by atoms with E-state index in [9.17, 15) is 0 Å². The van der Waals surface area contributed by atoms with Gasteiger partial charge in [0.25, 0.3) is 0 Å². The molecule has 3 heterocycles. The van der Waals surface area contributed by atoms with Gasteiger partial charge in [0.2, 0.25) is 0 Å². The zero-order chi connectivity index (χ0) is 11.8. The lowest BCUT2D eigenvalue weighted by Crippen LogP contribution is -2.48. The van der Waals surface area contributed by atoms with E-state index >= 15 is 0 Å². The molecule has 0 saturated carbocycles. The first-order chi connectivity index (χ1) is 8.33. The van der Waals surface area contributed by atoms with Crippen LogP contribution in [0.15, 0.2) is 12.5 Å². The van der Waals surface area contributed by atoms with Gasteiger partial charge in [-0.1, -0.05) is 6.92 Å². The van der Waals surface area contributed by atoms with E-state index < -0.39 is 0 Å². The van der Waals surface area contributed by atoms with Crippen LogP contribution in [-0.4, -0.2) is 39.8 Å². The molecule has 2 N–H and O–H groups in total. The standard InChI is InChI=1S/C12H16N4O/c1-2-9-3-13-11-10(9)12(15-7-14-11)16-4-8(5-16)6-17/h3,7-8,17H,2,4-6H2,1H3,(H,13,14,15). The molecule has 1 fully saturated rings. The summed E-state index contributed by atoms with van der Waals surface area (Å²) in [5, 5.41) is 10.2. The van der Waals surface area contributed by atoms with Crippen LogP contribution in [-0.2, 0) is 6.42 Å². The summed E-state index contributed by atoms with van der Waals surface area (Å²) in [5.41, 5.74) is 2.15. The largest absolute Gasteiger partial charge is 0.396 e. The summed E-state index contributed by atoms with van der Waals surface area (Å²) < 4.78 is 0. The molecule has 2 aromatic rings. The summed E-state index contributed by atoms with van der Waals surface area (Å²) in [4.78, 5) is 14.0. The summed E-state index contributed by atoms with van der Waals surface area (Å²) in [6.45, 7) is 4.17. The van der Waals surface area contributed by atoms with Crippen molar-refractivity contribution in [3.63, 3.8) is 0 Å². The van der Waals surface area contributed by atoms with Crippen molar-refractivity contribution in [1.82, 2.24) is 15.0 Å². The molecule has 0 atom stereocenters. The van der Waals surface area contributed by atoms with E-state index in [1.54, 1.807) is 6.33 Å². The van der Waals surface area contributed by atoms with Crippen LogP contribution >= 0.6 is 0 Å². The second-order valence-electron chi connectivity index (χ2n) is 4.54. The van der Waals surface area contributed by atoms with E-state index in [0.29, 0.717) is 5.92 Å². The van der Waals surface area contributed by atoms with Crippen molar-refractivity contribution < 1.29 is 5.11 Å². The Labute approximate surface area is 99.5 Å². The molecular weight excluding hydrogens is 216 g/mol. The second kappa shape index (κ2) is 4.00. The van der Waals surface area contributed by atoms with Gasteiger partial charge >= 0.3 is 0 Å². The van der Waals surface area contributed by atoms with Gasteiger partial charge in [0.15, 0.2) is 0 Å². The zero-order valence-electron chi connectivity index (χ0n) is 9.85. The Morgan fingerprint density at radius 3 is 3.00 bits per heavy atom. The summed E-state index contributed by atoms with van der Waals surface area (Å²) in [6.07, 6.45) is 4.57.